The van der Waals surface area contributed by atoms with Gasteiger partial charge in [-0.05, 0) is 60.5 Å². The summed E-state index contributed by atoms with van der Waals surface area (Å²) < 4.78 is 0. The fraction of sp³-hybridized carbons (Fsp3) is 0.217. The molecular formula is C23H19Cl2N3O4S. The van der Waals surface area contributed by atoms with E-state index in [0.717, 1.165) is 22.2 Å². The Hall–Kier alpha value is -2.81. The first-order valence-electron chi connectivity index (χ1n) is 10.2. The summed E-state index contributed by atoms with van der Waals surface area (Å²) in [6, 6.07) is 13.5. The van der Waals surface area contributed by atoms with Gasteiger partial charge < -0.3 is 10.2 Å². The summed E-state index contributed by atoms with van der Waals surface area (Å²) in [5, 5.41) is 2.93. The molecule has 0 saturated carbocycles. The molecule has 2 saturated heterocycles. The van der Waals surface area contributed by atoms with Crippen molar-refractivity contribution >= 4 is 63.6 Å². The monoisotopic (exact) mass is 503 g/mol. The molecule has 2 fully saturated rings. The van der Waals surface area contributed by atoms with Gasteiger partial charge in [0, 0.05) is 23.8 Å². The predicted octanol–water partition coefficient (Wildman–Crippen LogP) is 4.82. The second kappa shape index (κ2) is 9.99. The van der Waals surface area contributed by atoms with Crippen LogP contribution in [0.2, 0.25) is 10.0 Å². The molecule has 0 atom stereocenters. The number of para-hydroxylation sites is 1. The van der Waals surface area contributed by atoms with E-state index in [1.807, 2.05) is 6.07 Å². The van der Waals surface area contributed by atoms with Gasteiger partial charge in [0.1, 0.15) is 6.54 Å². The average molecular weight is 504 g/mol. The quantitative estimate of drug-likeness (QED) is 0.604. The molecule has 0 aliphatic carbocycles. The molecule has 4 rings (SSSR count). The number of carbonyl (C=O) groups excluding carboxylic acids is 4. The van der Waals surface area contributed by atoms with Crippen LogP contribution in [-0.4, -0.2) is 52.4 Å². The summed E-state index contributed by atoms with van der Waals surface area (Å²) >= 11 is 12.9. The number of piperidine rings is 1. The Bertz CT molecular complexity index is 1160. The third kappa shape index (κ3) is 5.24. The highest BCUT2D eigenvalue weighted by atomic mass is 35.5. The maximum absolute atomic E-state index is 12.9. The lowest BCUT2D eigenvalue weighted by Gasteiger charge is -2.29. The van der Waals surface area contributed by atoms with Gasteiger partial charge in [0.05, 0.1) is 15.5 Å². The molecular weight excluding hydrogens is 485 g/mol. The minimum absolute atomic E-state index is 0.207. The number of halogens is 2. The third-order valence-corrected chi connectivity index (χ3v) is 6.96. The summed E-state index contributed by atoms with van der Waals surface area (Å²) in [7, 11) is 0. The largest absolute Gasteiger partial charge is 0.338 e. The number of anilines is 1. The van der Waals surface area contributed by atoms with E-state index in [-0.39, 0.29) is 17.5 Å². The Labute approximate surface area is 204 Å². The number of benzene rings is 2. The number of nitrogens with one attached hydrogen (secondary N) is 1. The van der Waals surface area contributed by atoms with Crippen LogP contribution in [0.3, 0.4) is 0 Å². The first kappa shape index (κ1) is 23.4. The first-order chi connectivity index (χ1) is 15.8. The Morgan fingerprint density at radius 2 is 1.70 bits per heavy atom. The van der Waals surface area contributed by atoms with E-state index in [9.17, 15) is 19.2 Å². The van der Waals surface area contributed by atoms with Gasteiger partial charge in [0.2, 0.25) is 5.91 Å². The van der Waals surface area contributed by atoms with E-state index in [2.05, 4.69) is 5.32 Å². The van der Waals surface area contributed by atoms with Crippen molar-refractivity contribution in [3.63, 3.8) is 0 Å². The molecule has 10 heteroatoms. The van der Waals surface area contributed by atoms with Crippen molar-refractivity contribution in [3.8, 4) is 0 Å². The Morgan fingerprint density at radius 3 is 2.36 bits per heavy atom. The lowest BCUT2D eigenvalue weighted by Crippen LogP contribution is -2.38. The van der Waals surface area contributed by atoms with Crippen molar-refractivity contribution in [2.45, 2.75) is 12.8 Å². The number of rotatable bonds is 4. The maximum Gasteiger partial charge on any atom is 0.294 e. The predicted molar refractivity (Wildman–Crippen MR) is 128 cm³/mol. The van der Waals surface area contributed by atoms with Crippen LogP contribution in [0, 0.1) is 0 Å². The van der Waals surface area contributed by atoms with Crippen LogP contribution in [0.5, 0.6) is 0 Å². The molecule has 4 amide bonds. The zero-order chi connectivity index (χ0) is 23.5. The van der Waals surface area contributed by atoms with E-state index in [4.69, 9.17) is 23.2 Å². The maximum atomic E-state index is 12.9. The SMILES string of the molecule is O=C(CN1C(=O)SC(=C2CCN(C(=O)c3ccc(Cl)cc3Cl)CC2)C1=O)Nc1ccccc1. The summed E-state index contributed by atoms with van der Waals surface area (Å²) in [5.74, 6) is -1.12. The van der Waals surface area contributed by atoms with Crippen molar-refractivity contribution < 1.29 is 19.2 Å². The van der Waals surface area contributed by atoms with E-state index in [1.165, 1.54) is 6.07 Å². The molecule has 0 unspecified atom stereocenters. The summed E-state index contributed by atoms with van der Waals surface area (Å²) in [6.07, 6.45) is 0.921. The Kier molecular flexibility index (Phi) is 7.07. The van der Waals surface area contributed by atoms with Gasteiger partial charge in [-0.1, -0.05) is 41.4 Å². The zero-order valence-electron chi connectivity index (χ0n) is 17.3. The van der Waals surface area contributed by atoms with Crippen LogP contribution in [0.25, 0.3) is 0 Å². The minimum atomic E-state index is -0.475. The second-order valence-electron chi connectivity index (χ2n) is 7.52. The lowest BCUT2D eigenvalue weighted by atomic mass is 10.0. The normalized spacial score (nSPS) is 16.4. The average Bonchev–Trinajstić information content (AvgIpc) is 3.08. The topological polar surface area (TPSA) is 86.8 Å². The minimum Gasteiger partial charge on any atom is -0.338 e. The fourth-order valence-electron chi connectivity index (χ4n) is 3.66. The number of thioether (sulfide) groups is 1. The summed E-state index contributed by atoms with van der Waals surface area (Å²) in [4.78, 5) is 53.3. The molecule has 2 heterocycles. The zero-order valence-corrected chi connectivity index (χ0v) is 19.7. The van der Waals surface area contributed by atoms with Gasteiger partial charge in [-0.3, -0.25) is 24.1 Å². The van der Waals surface area contributed by atoms with Crippen molar-refractivity contribution in [3.05, 3.63) is 74.6 Å². The molecule has 1 N–H and O–H groups in total. The molecule has 2 aliphatic heterocycles. The van der Waals surface area contributed by atoms with E-state index in [1.54, 1.807) is 41.3 Å². The number of likely N-dealkylation sites (tertiary alicyclic amines) is 1. The lowest BCUT2D eigenvalue weighted by molar-refractivity contribution is -0.127. The molecule has 7 nitrogen and oxygen atoms in total. The molecule has 33 heavy (non-hydrogen) atoms. The first-order valence-corrected chi connectivity index (χ1v) is 11.8. The molecule has 0 spiro atoms. The number of hydrogen-bond donors (Lipinski definition) is 1. The van der Waals surface area contributed by atoms with Gasteiger partial charge >= 0.3 is 0 Å². The van der Waals surface area contributed by atoms with Crippen LogP contribution in [0.1, 0.15) is 23.2 Å². The van der Waals surface area contributed by atoms with Gasteiger partial charge in [-0.15, -0.1) is 0 Å². The number of carbonyl (C=O) groups is 4. The summed E-state index contributed by atoms with van der Waals surface area (Å²) in [5.41, 5.74) is 1.77. The van der Waals surface area contributed by atoms with E-state index >= 15 is 0 Å². The Morgan fingerprint density at radius 1 is 1.00 bits per heavy atom. The highest BCUT2D eigenvalue weighted by Crippen LogP contribution is 2.36. The highest BCUT2D eigenvalue weighted by Gasteiger charge is 2.39. The van der Waals surface area contributed by atoms with E-state index < -0.39 is 17.1 Å². The van der Waals surface area contributed by atoms with Crippen molar-refractivity contribution in [2.75, 3.05) is 25.0 Å². The fourth-order valence-corrected chi connectivity index (χ4v) is 5.12. The number of nitrogens with zero attached hydrogens (tertiary/aromatic N) is 2. The second-order valence-corrected chi connectivity index (χ2v) is 9.33. The standard InChI is InChI=1S/C23H19Cl2N3O4S/c24-15-6-7-17(18(25)12-15)21(30)27-10-8-14(9-11-27)20-22(31)28(23(32)33-20)13-19(29)26-16-4-2-1-3-5-16/h1-7,12H,8-11,13H2,(H,26,29). The van der Waals surface area contributed by atoms with Crippen LogP contribution >= 0.6 is 35.0 Å². The molecule has 2 aromatic rings. The smallest absolute Gasteiger partial charge is 0.294 e. The van der Waals surface area contributed by atoms with Crippen LogP contribution in [0.15, 0.2) is 59.0 Å². The molecule has 170 valence electrons. The van der Waals surface area contributed by atoms with Gasteiger partial charge in [0.25, 0.3) is 17.1 Å². The van der Waals surface area contributed by atoms with Crippen molar-refractivity contribution in [2.24, 2.45) is 0 Å². The molecule has 0 aromatic heterocycles. The Balaban J connectivity index is 1.39. The van der Waals surface area contributed by atoms with Crippen LogP contribution in [0.4, 0.5) is 10.5 Å². The van der Waals surface area contributed by atoms with Crippen molar-refractivity contribution in [1.82, 2.24) is 9.80 Å². The van der Waals surface area contributed by atoms with Gasteiger partial charge in [-0.2, -0.15) is 0 Å². The summed E-state index contributed by atoms with van der Waals surface area (Å²) in [6.45, 7) is 0.441. The molecule has 0 bridgehead atoms. The number of imide groups is 1. The van der Waals surface area contributed by atoms with Gasteiger partial charge in [-0.25, -0.2) is 0 Å². The molecule has 2 aromatic carbocycles. The van der Waals surface area contributed by atoms with Gasteiger partial charge in [0.15, 0.2) is 0 Å². The van der Waals surface area contributed by atoms with E-state index in [0.29, 0.717) is 47.1 Å². The third-order valence-electron chi connectivity index (χ3n) is 5.35. The number of amides is 4. The van der Waals surface area contributed by atoms with Crippen LogP contribution < -0.4 is 5.32 Å². The molecule has 0 radical (unpaired) electrons. The molecule has 2 aliphatic rings. The van der Waals surface area contributed by atoms with Crippen molar-refractivity contribution in [1.29, 1.82) is 0 Å². The highest BCUT2D eigenvalue weighted by molar-refractivity contribution is 8.18. The number of hydrogen-bond acceptors (Lipinski definition) is 5. The van der Waals surface area contributed by atoms with Crippen LogP contribution in [-0.2, 0) is 9.59 Å².